The van der Waals surface area contributed by atoms with Crippen molar-refractivity contribution in [2.45, 2.75) is 6.92 Å². The zero-order chi connectivity index (χ0) is 14.7. The van der Waals surface area contributed by atoms with E-state index < -0.39 is 10.8 Å². The number of rotatable bonds is 3. The second-order valence-electron chi connectivity index (χ2n) is 4.07. The normalized spacial score (nSPS) is 10.1. The molecule has 0 saturated carbocycles. The number of nitrogens with one attached hydrogen (secondary N) is 1. The molecule has 0 saturated heterocycles. The number of nitrogens with zero attached hydrogens (tertiary/aromatic N) is 2. The highest BCUT2D eigenvalue weighted by Crippen LogP contribution is 2.25. The number of halogens is 1. The van der Waals surface area contributed by atoms with Gasteiger partial charge < -0.3 is 5.32 Å². The molecule has 0 atom stereocenters. The number of carbonyl (C=O) groups is 1. The van der Waals surface area contributed by atoms with Gasteiger partial charge in [-0.25, -0.2) is 0 Å². The van der Waals surface area contributed by atoms with E-state index in [4.69, 9.17) is 11.6 Å². The van der Waals surface area contributed by atoms with Gasteiger partial charge in [0.25, 0.3) is 11.6 Å². The highest BCUT2D eigenvalue weighted by atomic mass is 35.5. The zero-order valence-corrected chi connectivity index (χ0v) is 11.2. The summed E-state index contributed by atoms with van der Waals surface area (Å²) in [4.78, 5) is 26.0. The van der Waals surface area contributed by atoms with Gasteiger partial charge in [0.1, 0.15) is 5.02 Å². The van der Waals surface area contributed by atoms with Gasteiger partial charge >= 0.3 is 0 Å². The molecule has 1 N–H and O–H groups in total. The number of carbonyl (C=O) groups excluding carboxylic acids is 1. The fraction of sp³-hybridized carbons (Fsp3) is 0.0769. The molecule has 1 aromatic carbocycles. The topological polar surface area (TPSA) is 85.1 Å². The summed E-state index contributed by atoms with van der Waals surface area (Å²) in [6, 6.07) is 5.58. The van der Waals surface area contributed by atoms with Crippen molar-refractivity contribution in [2.75, 3.05) is 5.32 Å². The molecular weight excluding hydrogens is 282 g/mol. The molecule has 0 fully saturated rings. The second-order valence-corrected chi connectivity index (χ2v) is 4.48. The Balaban J connectivity index is 2.24. The maximum Gasteiger partial charge on any atom is 0.287 e. The largest absolute Gasteiger partial charge is 0.320 e. The highest BCUT2D eigenvalue weighted by molar-refractivity contribution is 6.33. The first-order valence-electron chi connectivity index (χ1n) is 5.65. The molecule has 2 rings (SSSR count). The Morgan fingerprint density at radius 1 is 1.40 bits per heavy atom. The van der Waals surface area contributed by atoms with Crippen molar-refractivity contribution in [3.63, 3.8) is 0 Å². The monoisotopic (exact) mass is 291 g/mol. The maximum atomic E-state index is 12.0. The van der Waals surface area contributed by atoms with Crippen molar-refractivity contribution in [2.24, 2.45) is 0 Å². The lowest BCUT2D eigenvalue weighted by atomic mass is 10.2. The molecule has 0 aliphatic rings. The number of amides is 1. The van der Waals surface area contributed by atoms with Crippen LogP contribution >= 0.6 is 11.6 Å². The van der Waals surface area contributed by atoms with Crippen molar-refractivity contribution in [1.82, 2.24) is 4.98 Å². The van der Waals surface area contributed by atoms with Crippen LogP contribution in [0.1, 0.15) is 15.9 Å². The van der Waals surface area contributed by atoms with Gasteiger partial charge in [0.15, 0.2) is 0 Å². The van der Waals surface area contributed by atoms with Crippen LogP contribution in [0.5, 0.6) is 0 Å². The molecule has 0 aliphatic carbocycles. The van der Waals surface area contributed by atoms with E-state index in [1.807, 2.05) is 6.92 Å². The molecular formula is C13H10ClN3O3. The van der Waals surface area contributed by atoms with E-state index >= 15 is 0 Å². The number of pyridine rings is 1. The first-order chi connectivity index (χ1) is 9.49. The summed E-state index contributed by atoms with van der Waals surface area (Å²) in [6.45, 7) is 1.83. The minimum Gasteiger partial charge on any atom is -0.320 e. The van der Waals surface area contributed by atoms with E-state index in [1.165, 1.54) is 24.4 Å². The van der Waals surface area contributed by atoms with Crippen LogP contribution in [0.2, 0.25) is 5.02 Å². The van der Waals surface area contributed by atoms with Crippen LogP contribution in [0.4, 0.5) is 11.4 Å². The van der Waals surface area contributed by atoms with Crippen LogP contribution in [0.3, 0.4) is 0 Å². The van der Waals surface area contributed by atoms with Crippen LogP contribution in [-0.4, -0.2) is 15.8 Å². The fourth-order valence-corrected chi connectivity index (χ4v) is 1.84. The van der Waals surface area contributed by atoms with Gasteiger partial charge in [0, 0.05) is 17.8 Å². The third-order valence-electron chi connectivity index (χ3n) is 2.69. The number of nitro benzene ring substituents is 1. The smallest absolute Gasteiger partial charge is 0.287 e. The van der Waals surface area contributed by atoms with E-state index in [1.54, 1.807) is 12.3 Å². The Hall–Kier alpha value is -2.47. The number of aromatic nitrogens is 1. The number of hydrogen-bond acceptors (Lipinski definition) is 4. The minimum atomic E-state index is -0.602. The second kappa shape index (κ2) is 5.66. The van der Waals surface area contributed by atoms with E-state index in [2.05, 4.69) is 10.3 Å². The van der Waals surface area contributed by atoms with Crippen LogP contribution in [0, 0.1) is 17.0 Å². The van der Waals surface area contributed by atoms with E-state index in [0.717, 1.165) is 5.56 Å². The molecule has 0 radical (unpaired) electrons. The average molecular weight is 292 g/mol. The lowest BCUT2D eigenvalue weighted by molar-refractivity contribution is -0.384. The van der Waals surface area contributed by atoms with Crippen molar-refractivity contribution in [3.8, 4) is 0 Å². The summed E-state index contributed by atoms with van der Waals surface area (Å²) in [5.41, 5.74) is 1.44. The minimum absolute atomic E-state index is 0.0782. The van der Waals surface area contributed by atoms with Gasteiger partial charge in [-0.15, -0.1) is 0 Å². The fourth-order valence-electron chi connectivity index (χ4n) is 1.59. The van der Waals surface area contributed by atoms with Crippen molar-refractivity contribution in [3.05, 3.63) is 62.9 Å². The van der Waals surface area contributed by atoms with Gasteiger partial charge in [0.2, 0.25) is 0 Å². The van der Waals surface area contributed by atoms with E-state index in [-0.39, 0.29) is 16.3 Å². The first kappa shape index (κ1) is 14.0. The standard InChI is InChI=1S/C13H10ClN3O3/c1-8-4-5-15-7-11(8)16-13(18)9-2-3-12(17(19)20)10(14)6-9/h2-7H,1H3,(H,16,18). The van der Waals surface area contributed by atoms with Gasteiger partial charge in [0.05, 0.1) is 16.8 Å². The Morgan fingerprint density at radius 2 is 2.15 bits per heavy atom. The number of anilines is 1. The first-order valence-corrected chi connectivity index (χ1v) is 6.02. The number of benzene rings is 1. The van der Waals surface area contributed by atoms with Gasteiger partial charge in [-0.2, -0.15) is 0 Å². The van der Waals surface area contributed by atoms with Crippen molar-refractivity contribution < 1.29 is 9.72 Å². The van der Waals surface area contributed by atoms with E-state index in [0.29, 0.717) is 5.69 Å². The maximum absolute atomic E-state index is 12.0. The zero-order valence-electron chi connectivity index (χ0n) is 10.5. The number of nitro groups is 1. The Labute approximate surface area is 119 Å². The number of hydrogen-bond donors (Lipinski definition) is 1. The molecule has 1 heterocycles. The third-order valence-corrected chi connectivity index (χ3v) is 3.00. The van der Waals surface area contributed by atoms with Crippen LogP contribution < -0.4 is 5.32 Å². The molecule has 7 heteroatoms. The molecule has 1 aromatic heterocycles. The Bertz CT molecular complexity index is 688. The predicted octanol–water partition coefficient (Wildman–Crippen LogP) is 3.20. The van der Waals surface area contributed by atoms with Crippen LogP contribution in [0.25, 0.3) is 0 Å². The molecule has 0 bridgehead atoms. The SMILES string of the molecule is Cc1ccncc1NC(=O)c1ccc([N+](=O)[O-])c(Cl)c1. The van der Waals surface area contributed by atoms with Gasteiger partial charge in [-0.3, -0.25) is 19.9 Å². The summed E-state index contributed by atoms with van der Waals surface area (Å²) in [7, 11) is 0. The summed E-state index contributed by atoms with van der Waals surface area (Å²) in [5.74, 6) is -0.405. The Morgan fingerprint density at radius 3 is 2.75 bits per heavy atom. The molecule has 1 amide bonds. The predicted molar refractivity (Wildman–Crippen MR) is 75.0 cm³/mol. The Kier molecular flexibility index (Phi) is 3.95. The van der Waals surface area contributed by atoms with Gasteiger partial charge in [-0.1, -0.05) is 11.6 Å². The van der Waals surface area contributed by atoms with Crippen molar-refractivity contribution >= 4 is 28.9 Å². The lowest BCUT2D eigenvalue weighted by Crippen LogP contribution is -2.13. The molecule has 102 valence electrons. The summed E-state index contributed by atoms with van der Waals surface area (Å²) < 4.78 is 0. The van der Waals surface area contributed by atoms with Crippen molar-refractivity contribution in [1.29, 1.82) is 0 Å². The molecule has 0 aliphatic heterocycles. The van der Waals surface area contributed by atoms with Crippen LogP contribution in [0.15, 0.2) is 36.7 Å². The van der Waals surface area contributed by atoms with E-state index in [9.17, 15) is 14.9 Å². The third kappa shape index (κ3) is 2.92. The average Bonchev–Trinajstić information content (AvgIpc) is 2.40. The molecule has 0 unspecified atom stereocenters. The quantitative estimate of drug-likeness (QED) is 0.695. The highest BCUT2D eigenvalue weighted by Gasteiger charge is 2.15. The summed E-state index contributed by atoms with van der Waals surface area (Å²) >= 11 is 5.77. The van der Waals surface area contributed by atoms with Crippen LogP contribution in [-0.2, 0) is 0 Å². The molecule has 20 heavy (non-hydrogen) atoms. The molecule has 2 aromatic rings. The number of aryl methyl sites for hydroxylation is 1. The lowest BCUT2D eigenvalue weighted by Gasteiger charge is -2.07. The summed E-state index contributed by atoms with van der Waals surface area (Å²) in [5, 5.41) is 13.2. The summed E-state index contributed by atoms with van der Waals surface area (Å²) in [6.07, 6.45) is 3.15. The van der Waals surface area contributed by atoms with Gasteiger partial charge in [-0.05, 0) is 30.7 Å². The molecule has 6 nitrogen and oxygen atoms in total. The molecule has 0 spiro atoms.